The van der Waals surface area contributed by atoms with E-state index in [1.165, 1.54) is 12.3 Å². The number of carbonyl (C=O) groups is 1. The summed E-state index contributed by atoms with van der Waals surface area (Å²) < 4.78 is 12.8. The molecule has 1 N–H and O–H groups in total. The van der Waals surface area contributed by atoms with E-state index in [0.717, 1.165) is 31.9 Å². The molecular weight excluding hydrogens is 195 g/mol. The third-order valence-corrected chi connectivity index (χ3v) is 2.66. The maximum Gasteiger partial charge on any atom is 0.253 e. The predicted molar refractivity (Wildman–Crippen MR) is 53.9 cm³/mol. The van der Waals surface area contributed by atoms with Crippen molar-refractivity contribution in [2.75, 3.05) is 0 Å². The zero-order valence-corrected chi connectivity index (χ0v) is 8.37. The van der Waals surface area contributed by atoms with Gasteiger partial charge in [-0.05, 0) is 18.9 Å². The largest absolute Gasteiger partial charge is 0.349 e. The standard InChI is InChI=1S/C11H13FN2O/c12-9-5-8(6-13-7-9)11(15)14-10-3-1-2-4-10/h5-7,10H,1-4H2,(H,14,15). The number of aromatic nitrogens is 1. The van der Waals surface area contributed by atoms with Crippen molar-refractivity contribution >= 4 is 5.91 Å². The fraction of sp³-hybridized carbons (Fsp3) is 0.455. The first kappa shape index (κ1) is 10.1. The summed E-state index contributed by atoms with van der Waals surface area (Å²) in [6, 6.07) is 1.46. The van der Waals surface area contributed by atoms with Crippen LogP contribution in [0.5, 0.6) is 0 Å². The molecule has 0 unspecified atom stereocenters. The van der Waals surface area contributed by atoms with E-state index in [9.17, 15) is 9.18 Å². The van der Waals surface area contributed by atoms with E-state index in [4.69, 9.17) is 0 Å². The molecule has 1 saturated carbocycles. The minimum absolute atomic E-state index is 0.228. The van der Waals surface area contributed by atoms with Crippen LogP contribution in [0.3, 0.4) is 0 Å². The first-order valence-electron chi connectivity index (χ1n) is 5.17. The van der Waals surface area contributed by atoms with Crippen LogP contribution in [0.15, 0.2) is 18.5 Å². The Morgan fingerprint density at radius 1 is 1.40 bits per heavy atom. The van der Waals surface area contributed by atoms with Crippen LogP contribution in [0.25, 0.3) is 0 Å². The summed E-state index contributed by atoms with van der Waals surface area (Å²) in [5.41, 5.74) is 0.293. The molecule has 1 aliphatic carbocycles. The van der Waals surface area contributed by atoms with E-state index in [2.05, 4.69) is 10.3 Å². The van der Waals surface area contributed by atoms with Gasteiger partial charge in [0.05, 0.1) is 11.8 Å². The van der Waals surface area contributed by atoms with E-state index in [1.54, 1.807) is 0 Å². The fourth-order valence-electron chi connectivity index (χ4n) is 1.87. The molecule has 80 valence electrons. The summed E-state index contributed by atoms with van der Waals surface area (Å²) in [7, 11) is 0. The van der Waals surface area contributed by atoms with Crippen molar-refractivity contribution in [1.82, 2.24) is 10.3 Å². The topological polar surface area (TPSA) is 42.0 Å². The van der Waals surface area contributed by atoms with Crippen LogP contribution >= 0.6 is 0 Å². The highest BCUT2D eigenvalue weighted by molar-refractivity contribution is 5.94. The van der Waals surface area contributed by atoms with Gasteiger partial charge < -0.3 is 5.32 Å². The molecule has 4 heteroatoms. The number of hydrogen-bond donors (Lipinski definition) is 1. The van der Waals surface area contributed by atoms with Crippen LogP contribution in [0, 0.1) is 5.82 Å². The van der Waals surface area contributed by atoms with Gasteiger partial charge in [0.25, 0.3) is 5.91 Å². The van der Waals surface area contributed by atoms with E-state index in [1.807, 2.05) is 0 Å². The van der Waals surface area contributed by atoms with Crippen LogP contribution in [0.1, 0.15) is 36.0 Å². The van der Waals surface area contributed by atoms with Gasteiger partial charge in [-0.2, -0.15) is 0 Å². The van der Waals surface area contributed by atoms with Crippen molar-refractivity contribution in [2.24, 2.45) is 0 Å². The lowest BCUT2D eigenvalue weighted by Crippen LogP contribution is -2.32. The number of carbonyl (C=O) groups excluding carboxylic acids is 1. The Morgan fingerprint density at radius 2 is 2.13 bits per heavy atom. The highest BCUT2D eigenvalue weighted by Crippen LogP contribution is 2.18. The fourth-order valence-corrected chi connectivity index (χ4v) is 1.87. The second-order valence-electron chi connectivity index (χ2n) is 3.85. The first-order chi connectivity index (χ1) is 7.25. The Hall–Kier alpha value is -1.45. The number of nitrogens with zero attached hydrogens (tertiary/aromatic N) is 1. The van der Waals surface area contributed by atoms with Crippen molar-refractivity contribution in [3.05, 3.63) is 29.8 Å². The van der Waals surface area contributed by atoms with Gasteiger partial charge >= 0.3 is 0 Å². The predicted octanol–water partition coefficient (Wildman–Crippen LogP) is 1.89. The van der Waals surface area contributed by atoms with Crippen molar-refractivity contribution in [3.63, 3.8) is 0 Å². The van der Waals surface area contributed by atoms with Crippen molar-refractivity contribution < 1.29 is 9.18 Å². The second-order valence-corrected chi connectivity index (χ2v) is 3.85. The van der Waals surface area contributed by atoms with Gasteiger partial charge in [0.1, 0.15) is 5.82 Å². The zero-order chi connectivity index (χ0) is 10.7. The molecule has 1 aromatic heterocycles. The SMILES string of the molecule is O=C(NC1CCCC1)c1cncc(F)c1. The molecule has 1 fully saturated rings. The number of hydrogen-bond acceptors (Lipinski definition) is 2. The molecule has 1 amide bonds. The lowest BCUT2D eigenvalue weighted by molar-refractivity contribution is 0.0937. The molecule has 3 nitrogen and oxygen atoms in total. The molecule has 15 heavy (non-hydrogen) atoms. The van der Waals surface area contributed by atoms with E-state index >= 15 is 0 Å². The van der Waals surface area contributed by atoms with Crippen molar-refractivity contribution in [1.29, 1.82) is 0 Å². The number of nitrogens with one attached hydrogen (secondary N) is 1. The maximum atomic E-state index is 12.8. The summed E-state index contributed by atoms with van der Waals surface area (Å²) >= 11 is 0. The molecule has 1 aromatic rings. The average molecular weight is 208 g/mol. The second kappa shape index (κ2) is 4.38. The minimum Gasteiger partial charge on any atom is -0.349 e. The van der Waals surface area contributed by atoms with Gasteiger partial charge in [-0.1, -0.05) is 12.8 Å². The molecule has 1 heterocycles. The van der Waals surface area contributed by atoms with Crippen LogP contribution in [0.2, 0.25) is 0 Å². The highest BCUT2D eigenvalue weighted by Gasteiger charge is 2.18. The monoisotopic (exact) mass is 208 g/mol. The van der Waals surface area contributed by atoms with E-state index in [0.29, 0.717) is 5.56 Å². The summed E-state index contributed by atoms with van der Waals surface area (Å²) in [6.45, 7) is 0. The normalized spacial score (nSPS) is 16.6. The Balaban J connectivity index is 2.01. The first-order valence-corrected chi connectivity index (χ1v) is 5.17. The summed E-state index contributed by atoms with van der Waals surface area (Å²) in [5, 5.41) is 2.88. The lowest BCUT2D eigenvalue weighted by Gasteiger charge is -2.11. The van der Waals surface area contributed by atoms with Gasteiger partial charge in [-0.3, -0.25) is 9.78 Å². The van der Waals surface area contributed by atoms with Gasteiger partial charge in [0.2, 0.25) is 0 Å². The maximum absolute atomic E-state index is 12.8. The molecule has 0 saturated heterocycles. The van der Waals surface area contributed by atoms with E-state index in [-0.39, 0.29) is 11.9 Å². The molecule has 0 spiro atoms. The number of amides is 1. The van der Waals surface area contributed by atoms with Crippen molar-refractivity contribution in [2.45, 2.75) is 31.7 Å². The van der Waals surface area contributed by atoms with Crippen LogP contribution in [0.4, 0.5) is 4.39 Å². The van der Waals surface area contributed by atoms with Gasteiger partial charge in [0.15, 0.2) is 0 Å². The molecule has 0 aliphatic heterocycles. The molecule has 1 aliphatic rings. The molecule has 0 aromatic carbocycles. The number of rotatable bonds is 2. The van der Waals surface area contributed by atoms with Gasteiger partial charge in [0, 0.05) is 12.2 Å². The summed E-state index contributed by atoms with van der Waals surface area (Å²) in [4.78, 5) is 15.3. The average Bonchev–Trinajstić information content (AvgIpc) is 2.70. The number of halogens is 1. The third kappa shape index (κ3) is 2.52. The van der Waals surface area contributed by atoms with E-state index < -0.39 is 5.82 Å². The van der Waals surface area contributed by atoms with Crippen LogP contribution in [-0.4, -0.2) is 16.9 Å². The molecule has 2 rings (SSSR count). The minimum atomic E-state index is -0.478. The molecule has 0 bridgehead atoms. The Kier molecular flexibility index (Phi) is 2.94. The van der Waals surface area contributed by atoms with Crippen LogP contribution in [-0.2, 0) is 0 Å². The molecular formula is C11H13FN2O. The summed E-state index contributed by atoms with van der Waals surface area (Å²) in [6.07, 6.45) is 6.83. The lowest BCUT2D eigenvalue weighted by atomic mass is 10.2. The van der Waals surface area contributed by atoms with Gasteiger partial charge in [-0.15, -0.1) is 0 Å². The Morgan fingerprint density at radius 3 is 2.80 bits per heavy atom. The zero-order valence-electron chi connectivity index (χ0n) is 8.37. The molecule has 0 radical (unpaired) electrons. The van der Waals surface area contributed by atoms with Crippen LogP contribution < -0.4 is 5.32 Å². The Bertz CT molecular complexity index is 361. The van der Waals surface area contributed by atoms with Gasteiger partial charge in [-0.25, -0.2) is 4.39 Å². The Labute approximate surface area is 87.7 Å². The third-order valence-electron chi connectivity index (χ3n) is 2.66. The smallest absolute Gasteiger partial charge is 0.253 e. The number of pyridine rings is 1. The quantitative estimate of drug-likeness (QED) is 0.806. The molecule has 0 atom stereocenters. The highest BCUT2D eigenvalue weighted by atomic mass is 19.1. The summed E-state index contributed by atoms with van der Waals surface area (Å²) in [5.74, 6) is -0.706. The van der Waals surface area contributed by atoms with Crippen molar-refractivity contribution in [3.8, 4) is 0 Å².